The van der Waals surface area contributed by atoms with E-state index in [4.69, 9.17) is 9.47 Å². The molecule has 0 atom stereocenters. The first-order chi connectivity index (χ1) is 11.3. The second kappa shape index (κ2) is 8.24. The molecule has 1 fully saturated rings. The number of hydrogen-bond acceptors (Lipinski definition) is 7. The van der Waals surface area contributed by atoms with Crippen LogP contribution in [-0.4, -0.2) is 54.6 Å². The van der Waals surface area contributed by atoms with Crippen molar-refractivity contribution in [1.29, 1.82) is 0 Å². The second-order valence-corrected chi connectivity index (χ2v) is 6.57. The van der Waals surface area contributed by atoms with Crippen LogP contribution in [0, 0.1) is 6.92 Å². The lowest BCUT2D eigenvalue weighted by Gasteiger charge is -2.26. The van der Waals surface area contributed by atoms with Crippen molar-refractivity contribution in [2.45, 2.75) is 13.5 Å². The number of hydrogen-bond donors (Lipinski definition) is 1. The zero-order valence-corrected chi connectivity index (χ0v) is 14.1. The van der Waals surface area contributed by atoms with E-state index in [0.717, 1.165) is 54.3 Å². The van der Waals surface area contributed by atoms with Gasteiger partial charge in [0.1, 0.15) is 17.4 Å². The lowest BCUT2D eigenvalue weighted by Crippen LogP contribution is -2.38. The number of benzene rings is 1. The highest BCUT2D eigenvalue weighted by Crippen LogP contribution is 2.21. The molecule has 1 aliphatic heterocycles. The van der Waals surface area contributed by atoms with E-state index in [1.807, 2.05) is 25.1 Å². The first-order valence-corrected chi connectivity index (χ1v) is 8.68. The number of nitrogens with one attached hydrogen (secondary N) is 1. The first kappa shape index (κ1) is 16.2. The Hall–Kier alpha value is -1.70. The molecule has 1 N–H and O–H groups in total. The fourth-order valence-corrected chi connectivity index (χ4v) is 3.03. The van der Waals surface area contributed by atoms with Gasteiger partial charge in [-0.2, -0.15) is 0 Å². The predicted molar refractivity (Wildman–Crippen MR) is 91.2 cm³/mol. The molecule has 1 saturated heterocycles. The maximum Gasteiger partial charge on any atom is 0.205 e. The van der Waals surface area contributed by atoms with Gasteiger partial charge in [-0.05, 0) is 13.0 Å². The summed E-state index contributed by atoms with van der Waals surface area (Å²) in [6, 6.07) is 8.12. The van der Waals surface area contributed by atoms with E-state index < -0.39 is 0 Å². The molecule has 7 heteroatoms. The lowest BCUT2D eigenvalue weighted by molar-refractivity contribution is 0.0322. The summed E-state index contributed by atoms with van der Waals surface area (Å²) in [6.07, 6.45) is 0. The summed E-state index contributed by atoms with van der Waals surface area (Å²) >= 11 is 1.56. The van der Waals surface area contributed by atoms with E-state index in [2.05, 4.69) is 26.5 Å². The van der Waals surface area contributed by atoms with Crippen LogP contribution in [0.25, 0.3) is 0 Å². The van der Waals surface area contributed by atoms with E-state index in [1.165, 1.54) is 0 Å². The quantitative estimate of drug-likeness (QED) is 0.837. The van der Waals surface area contributed by atoms with Crippen molar-refractivity contribution in [3.05, 3.63) is 34.8 Å². The normalized spacial score (nSPS) is 15.5. The van der Waals surface area contributed by atoms with E-state index >= 15 is 0 Å². The summed E-state index contributed by atoms with van der Waals surface area (Å²) in [7, 11) is 0. The van der Waals surface area contributed by atoms with Crippen molar-refractivity contribution in [2.24, 2.45) is 0 Å². The van der Waals surface area contributed by atoms with Crippen LogP contribution in [0.15, 0.2) is 24.3 Å². The van der Waals surface area contributed by atoms with Crippen molar-refractivity contribution >= 4 is 16.5 Å². The molecule has 3 rings (SSSR count). The van der Waals surface area contributed by atoms with Crippen LogP contribution in [0.4, 0.5) is 5.13 Å². The smallest absolute Gasteiger partial charge is 0.205 e. The van der Waals surface area contributed by atoms with E-state index in [9.17, 15) is 0 Å². The third kappa shape index (κ3) is 4.89. The molecule has 1 aromatic carbocycles. The molecule has 6 nitrogen and oxygen atoms in total. The molecule has 0 amide bonds. The topological polar surface area (TPSA) is 59.5 Å². The molecular weight excluding hydrogens is 312 g/mol. The van der Waals surface area contributed by atoms with Crippen LogP contribution < -0.4 is 10.1 Å². The van der Waals surface area contributed by atoms with E-state index in [0.29, 0.717) is 13.2 Å². The van der Waals surface area contributed by atoms with E-state index in [-0.39, 0.29) is 0 Å². The first-order valence-electron chi connectivity index (χ1n) is 7.86. The molecular formula is C16H22N4O2S. The highest BCUT2D eigenvalue weighted by atomic mass is 32.1. The SMILES string of the molecule is Cc1nnc(NCc2ccccc2OCCN2CCOCC2)s1. The van der Waals surface area contributed by atoms with Gasteiger partial charge in [0, 0.05) is 31.7 Å². The molecule has 0 saturated carbocycles. The highest BCUT2D eigenvalue weighted by Gasteiger charge is 2.10. The minimum atomic E-state index is 0.683. The van der Waals surface area contributed by atoms with Gasteiger partial charge in [0.15, 0.2) is 0 Å². The number of ether oxygens (including phenoxy) is 2. The Morgan fingerprint density at radius 3 is 2.87 bits per heavy atom. The van der Waals surface area contributed by atoms with Gasteiger partial charge in [-0.25, -0.2) is 0 Å². The molecule has 0 aliphatic carbocycles. The number of anilines is 1. The lowest BCUT2D eigenvalue weighted by atomic mass is 10.2. The zero-order chi connectivity index (χ0) is 15.9. The third-order valence-corrected chi connectivity index (χ3v) is 4.49. The minimum Gasteiger partial charge on any atom is -0.492 e. The standard InChI is InChI=1S/C16H22N4O2S/c1-13-18-19-16(23-13)17-12-14-4-2-3-5-15(14)22-11-8-20-6-9-21-10-7-20/h2-5H,6-12H2,1H3,(H,17,19). The summed E-state index contributed by atoms with van der Waals surface area (Å²) in [6.45, 7) is 7.87. The molecule has 0 radical (unpaired) electrons. The number of morpholine rings is 1. The van der Waals surface area contributed by atoms with Gasteiger partial charge in [0.05, 0.1) is 13.2 Å². The summed E-state index contributed by atoms with van der Waals surface area (Å²) in [4.78, 5) is 2.37. The molecule has 23 heavy (non-hydrogen) atoms. The van der Waals surface area contributed by atoms with Crippen molar-refractivity contribution in [2.75, 3.05) is 44.8 Å². The predicted octanol–water partition coefficient (Wildman–Crippen LogP) is 2.17. The van der Waals surface area contributed by atoms with Gasteiger partial charge in [0.25, 0.3) is 0 Å². The van der Waals surface area contributed by atoms with Crippen molar-refractivity contribution in [3.63, 3.8) is 0 Å². The average Bonchev–Trinajstić information content (AvgIpc) is 3.00. The Kier molecular flexibility index (Phi) is 5.79. The minimum absolute atomic E-state index is 0.683. The van der Waals surface area contributed by atoms with Crippen LogP contribution in [0.3, 0.4) is 0 Å². The molecule has 1 aliphatic rings. The van der Waals surface area contributed by atoms with Gasteiger partial charge in [0.2, 0.25) is 5.13 Å². The number of nitrogens with zero attached hydrogens (tertiary/aromatic N) is 3. The summed E-state index contributed by atoms with van der Waals surface area (Å²) < 4.78 is 11.3. The number of para-hydroxylation sites is 1. The monoisotopic (exact) mass is 334 g/mol. The van der Waals surface area contributed by atoms with Crippen LogP contribution >= 0.6 is 11.3 Å². The Balaban J connectivity index is 1.50. The Bertz CT molecular complexity index is 614. The van der Waals surface area contributed by atoms with Crippen LogP contribution in [0.2, 0.25) is 0 Å². The maximum atomic E-state index is 5.98. The van der Waals surface area contributed by atoms with Crippen molar-refractivity contribution in [1.82, 2.24) is 15.1 Å². The maximum absolute atomic E-state index is 5.98. The van der Waals surface area contributed by atoms with Gasteiger partial charge >= 0.3 is 0 Å². The van der Waals surface area contributed by atoms with Gasteiger partial charge in [-0.3, -0.25) is 4.90 Å². The fraction of sp³-hybridized carbons (Fsp3) is 0.500. The molecule has 124 valence electrons. The van der Waals surface area contributed by atoms with E-state index in [1.54, 1.807) is 11.3 Å². The Morgan fingerprint density at radius 1 is 1.26 bits per heavy atom. The molecule has 2 aromatic rings. The second-order valence-electron chi connectivity index (χ2n) is 5.39. The average molecular weight is 334 g/mol. The third-order valence-electron chi connectivity index (χ3n) is 3.70. The Labute approximate surface area is 140 Å². The number of aromatic nitrogens is 2. The molecule has 1 aromatic heterocycles. The van der Waals surface area contributed by atoms with Crippen molar-refractivity contribution in [3.8, 4) is 5.75 Å². The van der Waals surface area contributed by atoms with Crippen LogP contribution in [0.5, 0.6) is 5.75 Å². The van der Waals surface area contributed by atoms with Gasteiger partial charge in [-0.15, -0.1) is 10.2 Å². The molecule has 0 spiro atoms. The fourth-order valence-electron chi connectivity index (χ4n) is 2.44. The van der Waals surface area contributed by atoms with Crippen molar-refractivity contribution < 1.29 is 9.47 Å². The largest absolute Gasteiger partial charge is 0.492 e. The molecule has 0 bridgehead atoms. The number of rotatable bonds is 7. The summed E-state index contributed by atoms with van der Waals surface area (Å²) in [5.74, 6) is 0.925. The summed E-state index contributed by atoms with van der Waals surface area (Å²) in [5, 5.41) is 13.2. The highest BCUT2D eigenvalue weighted by molar-refractivity contribution is 7.15. The zero-order valence-electron chi connectivity index (χ0n) is 13.3. The van der Waals surface area contributed by atoms with Crippen LogP contribution in [0.1, 0.15) is 10.6 Å². The van der Waals surface area contributed by atoms with Crippen LogP contribution in [-0.2, 0) is 11.3 Å². The molecule has 2 heterocycles. The van der Waals surface area contributed by atoms with Gasteiger partial charge < -0.3 is 14.8 Å². The summed E-state index contributed by atoms with van der Waals surface area (Å²) in [5.41, 5.74) is 1.13. The van der Waals surface area contributed by atoms with Gasteiger partial charge in [-0.1, -0.05) is 29.5 Å². The Morgan fingerprint density at radius 2 is 2.09 bits per heavy atom. The number of aryl methyl sites for hydroxylation is 1. The molecule has 0 unspecified atom stereocenters.